The lowest BCUT2D eigenvalue weighted by Gasteiger charge is -2.30. The molecule has 0 amide bonds. The Balaban J connectivity index is 2.68. The highest BCUT2D eigenvalue weighted by Gasteiger charge is 2.28. The molecule has 0 aliphatic heterocycles. The van der Waals surface area contributed by atoms with Crippen LogP contribution in [0, 0.1) is 0 Å². The molecule has 0 fully saturated rings. The molecule has 3 nitrogen and oxygen atoms in total. The molecular weight excluding hydrogens is 246 g/mol. The van der Waals surface area contributed by atoms with Crippen molar-refractivity contribution in [2.24, 2.45) is 0 Å². The molecule has 78 valence electrons. The van der Waals surface area contributed by atoms with Gasteiger partial charge in [0.25, 0.3) is 0 Å². The van der Waals surface area contributed by atoms with Gasteiger partial charge in [0, 0.05) is 17.7 Å². The van der Waals surface area contributed by atoms with E-state index in [1.165, 1.54) is 0 Å². The maximum atomic E-state index is 9.66. The summed E-state index contributed by atoms with van der Waals surface area (Å²) >= 11 is 3.22. The Labute approximate surface area is 92.3 Å². The van der Waals surface area contributed by atoms with Crippen molar-refractivity contribution in [3.63, 3.8) is 0 Å². The van der Waals surface area contributed by atoms with E-state index in [1.54, 1.807) is 24.5 Å². The first kappa shape index (κ1) is 11.5. The van der Waals surface area contributed by atoms with Crippen molar-refractivity contribution in [3.05, 3.63) is 24.5 Å². The molecule has 0 aliphatic rings. The minimum absolute atomic E-state index is 0.491. The summed E-state index contributed by atoms with van der Waals surface area (Å²) in [6.45, 7) is 3.69. The molecule has 0 spiro atoms. The quantitative estimate of drug-likeness (QED) is 0.842. The predicted octanol–water partition coefficient (Wildman–Crippen LogP) is 1.99. The zero-order valence-corrected chi connectivity index (χ0v) is 9.86. The van der Waals surface area contributed by atoms with Gasteiger partial charge < -0.3 is 9.84 Å². The second-order valence-corrected chi connectivity index (χ2v) is 4.21. The van der Waals surface area contributed by atoms with Crippen molar-refractivity contribution >= 4 is 15.9 Å². The minimum atomic E-state index is -0.606. The van der Waals surface area contributed by atoms with E-state index in [2.05, 4.69) is 20.9 Å². The highest BCUT2D eigenvalue weighted by atomic mass is 79.9. The van der Waals surface area contributed by atoms with Crippen LogP contribution in [0.4, 0.5) is 0 Å². The fourth-order valence-corrected chi connectivity index (χ4v) is 1.74. The monoisotopic (exact) mass is 259 g/mol. The number of ether oxygens (including phenoxy) is 1. The van der Waals surface area contributed by atoms with E-state index < -0.39 is 11.7 Å². The van der Waals surface area contributed by atoms with E-state index >= 15 is 0 Å². The van der Waals surface area contributed by atoms with Crippen LogP contribution >= 0.6 is 15.9 Å². The van der Waals surface area contributed by atoms with E-state index in [4.69, 9.17) is 4.74 Å². The van der Waals surface area contributed by atoms with Gasteiger partial charge in [-0.2, -0.15) is 0 Å². The van der Waals surface area contributed by atoms with E-state index in [0.717, 1.165) is 0 Å². The lowest BCUT2D eigenvalue weighted by Crippen LogP contribution is -2.42. The van der Waals surface area contributed by atoms with Crippen molar-refractivity contribution in [2.45, 2.75) is 25.6 Å². The Morgan fingerprint density at radius 3 is 2.57 bits per heavy atom. The Bertz CT molecular complexity index is 277. The summed E-state index contributed by atoms with van der Waals surface area (Å²) < 4.78 is 5.63. The molecule has 1 heterocycles. The molecule has 0 bridgehead atoms. The van der Waals surface area contributed by atoms with E-state index in [9.17, 15) is 5.11 Å². The van der Waals surface area contributed by atoms with Gasteiger partial charge in [0.1, 0.15) is 17.5 Å². The third-order valence-electron chi connectivity index (χ3n) is 1.98. The van der Waals surface area contributed by atoms with Crippen molar-refractivity contribution in [1.29, 1.82) is 0 Å². The highest BCUT2D eigenvalue weighted by Crippen LogP contribution is 2.21. The molecule has 1 N–H and O–H groups in total. The van der Waals surface area contributed by atoms with Crippen molar-refractivity contribution in [3.8, 4) is 5.75 Å². The molecular formula is C10H14BrNO2. The van der Waals surface area contributed by atoms with Crippen LogP contribution in [0.1, 0.15) is 13.8 Å². The normalized spacial score (nSPS) is 13.7. The molecule has 4 heteroatoms. The Morgan fingerprint density at radius 1 is 1.50 bits per heavy atom. The average Bonchev–Trinajstić information content (AvgIpc) is 2.17. The van der Waals surface area contributed by atoms with Crippen LogP contribution in [-0.4, -0.2) is 27.1 Å². The lowest BCUT2D eigenvalue weighted by atomic mass is 10.0. The smallest absolute Gasteiger partial charge is 0.130 e. The number of alkyl halides is 1. The van der Waals surface area contributed by atoms with Gasteiger partial charge in [-0.25, -0.2) is 0 Å². The molecule has 0 saturated carbocycles. The maximum Gasteiger partial charge on any atom is 0.130 e. The third kappa shape index (κ3) is 2.96. The fraction of sp³-hybridized carbons (Fsp3) is 0.500. The van der Waals surface area contributed by atoms with E-state index in [1.807, 2.05) is 13.8 Å². The average molecular weight is 260 g/mol. The first-order valence-corrected chi connectivity index (χ1v) is 5.51. The molecule has 0 radical (unpaired) electrons. The van der Waals surface area contributed by atoms with Gasteiger partial charge in [-0.1, -0.05) is 15.9 Å². The van der Waals surface area contributed by atoms with Gasteiger partial charge in [0.15, 0.2) is 0 Å². The van der Waals surface area contributed by atoms with Crippen LogP contribution < -0.4 is 4.74 Å². The molecule has 1 rings (SSSR count). The number of rotatable bonds is 4. The zero-order chi connectivity index (χ0) is 10.6. The molecule has 1 aromatic heterocycles. The molecule has 0 aromatic carbocycles. The van der Waals surface area contributed by atoms with Gasteiger partial charge in [0.2, 0.25) is 0 Å². The maximum absolute atomic E-state index is 9.66. The SMILES string of the molecule is CC(C)(Oc1ccncc1)C(O)CBr. The summed E-state index contributed by atoms with van der Waals surface area (Å²) in [7, 11) is 0. The number of halogens is 1. The van der Waals surface area contributed by atoms with E-state index in [-0.39, 0.29) is 0 Å². The number of aliphatic hydroxyl groups is 1. The van der Waals surface area contributed by atoms with Crippen LogP contribution in [0.2, 0.25) is 0 Å². The molecule has 0 aliphatic carbocycles. The highest BCUT2D eigenvalue weighted by molar-refractivity contribution is 9.09. The molecule has 14 heavy (non-hydrogen) atoms. The van der Waals surface area contributed by atoms with Gasteiger partial charge >= 0.3 is 0 Å². The standard InChI is InChI=1S/C10H14BrNO2/c1-10(2,9(13)7-11)14-8-3-5-12-6-4-8/h3-6,9,13H,7H2,1-2H3. The van der Waals surface area contributed by atoms with Crippen LogP contribution in [0.5, 0.6) is 5.75 Å². The van der Waals surface area contributed by atoms with Gasteiger partial charge in [-0.3, -0.25) is 4.98 Å². The second-order valence-electron chi connectivity index (χ2n) is 3.56. The predicted molar refractivity (Wildman–Crippen MR) is 58.7 cm³/mol. The molecule has 1 unspecified atom stereocenters. The summed E-state index contributed by atoms with van der Waals surface area (Å²) in [5.74, 6) is 0.713. The Kier molecular flexibility index (Phi) is 3.89. The third-order valence-corrected chi connectivity index (χ3v) is 2.59. The van der Waals surface area contributed by atoms with Crippen LogP contribution in [0.15, 0.2) is 24.5 Å². The summed E-state index contributed by atoms with van der Waals surface area (Å²) in [5.41, 5.74) is -0.606. The number of pyridine rings is 1. The summed E-state index contributed by atoms with van der Waals surface area (Å²) in [6, 6.07) is 3.53. The molecule has 1 atom stereocenters. The van der Waals surface area contributed by atoms with Crippen molar-refractivity contribution in [1.82, 2.24) is 4.98 Å². The summed E-state index contributed by atoms with van der Waals surface area (Å²) in [4.78, 5) is 3.89. The number of hydrogen-bond donors (Lipinski definition) is 1. The Hall–Kier alpha value is -0.610. The first-order chi connectivity index (χ1) is 6.56. The van der Waals surface area contributed by atoms with Crippen LogP contribution in [-0.2, 0) is 0 Å². The number of hydrogen-bond acceptors (Lipinski definition) is 3. The summed E-state index contributed by atoms with van der Waals surface area (Å²) in [5, 5.41) is 10.2. The topological polar surface area (TPSA) is 42.4 Å². The zero-order valence-electron chi connectivity index (χ0n) is 8.27. The largest absolute Gasteiger partial charge is 0.485 e. The number of nitrogens with zero attached hydrogens (tertiary/aromatic N) is 1. The van der Waals surface area contributed by atoms with E-state index in [0.29, 0.717) is 11.1 Å². The fourth-order valence-electron chi connectivity index (χ4n) is 0.964. The van der Waals surface area contributed by atoms with Crippen LogP contribution in [0.3, 0.4) is 0 Å². The Morgan fingerprint density at radius 2 is 2.07 bits per heavy atom. The van der Waals surface area contributed by atoms with Gasteiger partial charge in [0.05, 0.1) is 0 Å². The summed E-state index contributed by atoms with van der Waals surface area (Å²) in [6.07, 6.45) is 2.77. The minimum Gasteiger partial charge on any atom is -0.485 e. The number of aliphatic hydroxyl groups excluding tert-OH is 1. The van der Waals surface area contributed by atoms with Crippen molar-refractivity contribution < 1.29 is 9.84 Å². The van der Waals surface area contributed by atoms with Crippen molar-refractivity contribution in [2.75, 3.05) is 5.33 Å². The molecule has 0 saturated heterocycles. The molecule has 1 aromatic rings. The van der Waals surface area contributed by atoms with Gasteiger partial charge in [-0.05, 0) is 26.0 Å². The lowest BCUT2D eigenvalue weighted by molar-refractivity contribution is -0.0143. The second kappa shape index (κ2) is 4.75. The van der Waals surface area contributed by atoms with Crippen LogP contribution in [0.25, 0.3) is 0 Å². The number of aromatic nitrogens is 1. The first-order valence-electron chi connectivity index (χ1n) is 4.39. The van der Waals surface area contributed by atoms with Gasteiger partial charge in [-0.15, -0.1) is 0 Å².